The van der Waals surface area contributed by atoms with Crippen LogP contribution in [0, 0.1) is 0 Å². The lowest BCUT2D eigenvalue weighted by atomic mass is 9.30. The molecule has 6 heteroatoms. The van der Waals surface area contributed by atoms with Gasteiger partial charge in [-0.25, -0.2) is 0 Å². The Morgan fingerprint density at radius 3 is 1.00 bits per heavy atom. The maximum absolute atomic E-state index is 2.90. The smallest absolute Gasteiger partial charge is 0.252 e. The quantitative estimate of drug-likeness (QED) is 0.141. The summed E-state index contributed by atoms with van der Waals surface area (Å²) >= 11 is 0. The van der Waals surface area contributed by atoms with Gasteiger partial charge in [-0.15, -0.1) is 0 Å². The van der Waals surface area contributed by atoms with Crippen molar-refractivity contribution in [3.05, 3.63) is 442 Å². The molecule has 716 valence electrons. The molecule has 0 saturated heterocycles. The molecule has 0 unspecified atom stereocenters. The van der Waals surface area contributed by atoms with Gasteiger partial charge < -0.3 is 19.6 Å². The van der Waals surface area contributed by atoms with Gasteiger partial charge in [0.1, 0.15) is 0 Å². The molecule has 0 fully saturated rings. The third-order valence-electron chi connectivity index (χ3n) is 33.5. The van der Waals surface area contributed by atoms with E-state index < -0.39 is 16.2 Å². The summed E-state index contributed by atoms with van der Waals surface area (Å²) in [5, 5.41) is 0. The predicted octanol–water partition coefficient (Wildman–Crippen LogP) is 33.9. The van der Waals surface area contributed by atoms with Gasteiger partial charge in [0.15, 0.2) is 0 Å². The molecular weight excluding hydrogens is 1760 g/mol. The Bertz CT molecular complexity index is 8310. The summed E-state index contributed by atoms with van der Waals surface area (Å²) in [5.41, 5.74) is 54.0. The first-order valence-corrected chi connectivity index (χ1v) is 53.1. The van der Waals surface area contributed by atoms with E-state index in [-0.39, 0.29) is 45.9 Å². The lowest BCUT2D eigenvalue weighted by Crippen LogP contribution is -2.65. The van der Waals surface area contributed by atoms with Gasteiger partial charge in [0.2, 0.25) is 0 Å². The van der Waals surface area contributed by atoms with Crippen LogP contribution < -0.4 is 52.4 Å². The van der Waals surface area contributed by atoms with Crippen LogP contribution in [-0.4, -0.2) is 13.4 Å². The van der Waals surface area contributed by atoms with Crippen LogP contribution in [0.5, 0.6) is 0 Å². The molecule has 25 rings (SSSR count). The van der Waals surface area contributed by atoms with E-state index in [1.165, 1.54) is 167 Å². The molecule has 0 atom stereocenters. The minimum atomic E-state index is -0.751. The molecular formula is C140H130B2N4. The van der Waals surface area contributed by atoms with Gasteiger partial charge in [-0.3, -0.25) is 0 Å². The second kappa shape index (κ2) is 32.4. The highest BCUT2D eigenvalue weighted by molar-refractivity contribution is 7.03. The highest BCUT2D eigenvalue weighted by atomic mass is 15.2. The first-order valence-electron chi connectivity index (χ1n) is 53.1. The molecule has 0 N–H and O–H groups in total. The van der Waals surface area contributed by atoms with Crippen molar-refractivity contribution in [3.63, 3.8) is 0 Å². The van der Waals surface area contributed by atoms with Crippen LogP contribution in [0.25, 0.3) is 89.0 Å². The summed E-state index contributed by atoms with van der Waals surface area (Å²) in [5.74, 6) is 0. The van der Waals surface area contributed by atoms with Crippen molar-refractivity contribution in [2.75, 3.05) is 19.6 Å². The Kier molecular flexibility index (Phi) is 20.5. The van der Waals surface area contributed by atoms with Gasteiger partial charge in [0, 0.05) is 84.5 Å². The van der Waals surface area contributed by atoms with Crippen LogP contribution in [-0.2, 0) is 48.7 Å². The topological polar surface area (TPSA) is 13.0 Å². The minimum Gasteiger partial charge on any atom is -0.311 e. The molecule has 146 heavy (non-hydrogen) atoms. The van der Waals surface area contributed by atoms with Gasteiger partial charge in [-0.05, 0) is 295 Å². The average molecular weight is 1890 g/mol. The van der Waals surface area contributed by atoms with Crippen LogP contribution in [0.15, 0.2) is 370 Å². The van der Waals surface area contributed by atoms with Crippen LogP contribution in [0.2, 0.25) is 0 Å². The van der Waals surface area contributed by atoms with E-state index in [1.807, 2.05) is 0 Å². The van der Waals surface area contributed by atoms with Crippen LogP contribution >= 0.6 is 0 Å². The molecule has 4 nitrogen and oxygen atoms in total. The summed E-state index contributed by atoms with van der Waals surface area (Å²) < 4.78 is 0. The van der Waals surface area contributed by atoms with Crippen LogP contribution in [0.4, 0.5) is 68.2 Å². The summed E-state index contributed by atoms with van der Waals surface area (Å²) in [4.78, 5) is 11.2. The summed E-state index contributed by atoms with van der Waals surface area (Å²) in [6, 6.07) is 148. The Hall–Kier alpha value is -14.7. The van der Waals surface area contributed by atoms with Crippen molar-refractivity contribution in [1.82, 2.24) is 0 Å². The van der Waals surface area contributed by atoms with E-state index >= 15 is 0 Å². The average Bonchev–Trinajstić information content (AvgIpc) is 1.40. The number of para-hydroxylation sites is 2. The molecule has 0 amide bonds. The molecule has 6 bridgehead atoms. The molecule has 1 spiro atoms. The molecule has 5 aliphatic heterocycles. The largest absolute Gasteiger partial charge is 0.311 e. The number of anilines is 12. The zero-order valence-corrected chi connectivity index (χ0v) is 89.2. The first-order chi connectivity index (χ1) is 69.6. The van der Waals surface area contributed by atoms with Gasteiger partial charge >= 0.3 is 0 Å². The van der Waals surface area contributed by atoms with E-state index in [9.17, 15) is 0 Å². The lowest BCUT2D eigenvalue weighted by molar-refractivity contribution is 0.547. The molecule has 5 heterocycles. The maximum atomic E-state index is 2.90. The monoisotopic (exact) mass is 1890 g/mol. The predicted molar refractivity (Wildman–Crippen MR) is 626 cm³/mol. The Morgan fingerprint density at radius 1 is 0.205 bits per heavy atom. The lowest BCUT2D eigenvalue weighted by Gasteiger charge is -2.49. The van der Waals surface area contributed by atoms with Gasteiger partial charge in [0.05, 0.1) is 16.8 Å². The second-order valence-electron chi connectivity index (χ2n) is 50.4. The maximum Gasteiger partial charge on any atom is 0.252 e. The fourth-order valence-corrected chi connectivity index (χ4v) is 25.9. The van der Waals surface area contributed by atoms with E-state index in [1.54, 1.807) is 0 Å². The zero-order chi connectivity index (χ0) is 101. The number of hydrogen-bond donors (Lipinski definition) is 0. The van der Waals surface area contributed by atoms with E-state index in [2.05, 4.69) is 549 Å². The van der Waals surface area contributed by atoms with Crippen molar-refractivity contribution < 1.29 is 0 Å². The molecule has 0 radical (unpaired) electrons. The van der Waals surface area contributed by atoms with Crippen molar-refractivity contribution in [3.8, 4) is 89.0 Å². The van der Waals surface area contributed by atoms with E-state index in [4.69, 9.17) is 0 Å². The first kappa shape index (κ1) is 92.4. The van der Waals surface area contributed by atoms with Gasteiger partial charge in [-0.2, -0.15) is 0 Å². The van der Waals surface area contributed by atoms with Crippen LogP contribution in [0.3, 0.4) is 0 Å². The van der Waals surface area contributed by atoms with Gasteiger partial charge in [0.25, 0.3) is 13.4 Å². The highest BCUT2D eigenvalue weighted by Gasteiger charge is 2.56. The molecule has 0 saturated carbocycles. The molecule has 0 aromatic heterocycles. The Balaban J connectivity index is 0.902. The van der Waals surface area contributed by atoms with Crippen molar-refractivity contribution in [2.45, 2.75) is 208 Å². The van der Waals surface area contributed by atoms with E-state index in [0.717, 1.165) is 95.8 Å². The molecule has 2 aliphatic carbocycles. The van der Waals surface area contributed by atoms with Crippen molar-refractivity contribution in [2.24, 2.45) is 0 Å². The van der Waals surface area contributed by atoms with Crippen molar-refractivity contribution >= 4 is 114 Å². The zero-order valence-electron chi connectivity index (χ0n) is 89.2. The fourth-order valence-electron chi connectivity index (χ4n) is 25.9. The second-order valence-corrected chi connectivity index (χ2v) is 50.4. The SMILES string of the molecule is CC(C)(C)c1cc(-c2cc3c4c(c2)N2c5cc6c(cc5B4c4ccccc4N3c3c(-c4ccccc4)cc(C(C)(C)C)cc3-c3ccccc3)B3c4ccccc4N(c4cc(C(C)(C)C)cc(C(C)(C)C)c4)c4cc(-c5cccc7c5C5(c8ccccc8-c8ccccc85)c5ccccc5-7)cc(c43)N6c3cc(C(C)(C)C)cc(c3)C(C)(C)c3c(C(C)(C)C)cc(-c4ccccc4)c2c3-c2ccccc2)cc(C(C)(C)C)c1. The van der Waals surface area contributed by atoms with Crippen LogP contribution in [0.1, 0.15) is 232 Å². The Morgan fingerprint density at radius 2 is 0.541 bits per heavy atom. The fraction of sp³-hybridized carbons (Fsp3) is 0.229. The minimum absolute atomic E-state index is 0.212. The number of nitrogens with zero attached hydrogens (tertiary/aromatic N) is 4. The summed E-state index contributed by atoms with van der Waals surface area (Å²) in [6.07, 6.45) is 0. The standard InChI is InChI=1S/C140H130B2N4/c1-132(2,3)92-67-89(68-93(73-92)133(4,5)6)90-69-123-129-124(70-90)146-120-84-119-115(83-116(120)142(129)114-64-43-45-66-118(114)145(123)130-106(85-47-28-24-29-48-85)80-97(137(16,17)18)81-107(130)86-49-30-25-31-50-86)141-113-63-42-44-65-117(113)143(99-76-94(134(7,8)9)74-95(77-99)135(10,11)12)121-71-91(101-58-46-59-105-104-57-38-41-62-111(104)140(126(101)105)109-60-39-36-55-102(109)103-56-37-40-61-110(103)140)72-122(128(121)141)144(119)100-78-96(136(13,14)15)75-98(79-100)139(22,23)127-112(138(19,20)21)82-108(87-51-32-26-33-52-87)131(146)125(127)88-53-34-27-35-54-88/h24-84H,1-23H3. The summed E-state index contributed by atoms with van der Waals surface area (Å²) in [6.45, 7) is 55.2. The van der Waals surface area contributed by atoms with Gasteiger partial charge in [-0.1, -0.05) is 444 Å². The number of rotatable bonds is 8. The molecule has 7 aliphatic rings. The highest BCUT2D eigenvalue weighted by Crippen LogP contribution is 2.67. The van der Waals surface area contributed by atoms with Crippen molar-refractivity contribution in [1.29, 1.82) is 0 Å². The number of hydrogen-bond acceptors (Lipinski definition) is 4. The van der Waals surface area contributed by atoms with E-state index in [0.29, 0.717) is 0 Å². The molecule has 18 aromatic rings. The number of benzene rings is 18. The normalized spacial score (nSPS) is 14.7. The third kappa shape index (κ3) is 14.1. The number of fused-ring (bicyclic) bond motifs is 24. The third-order valence-corrected chi connectivity index (χ3v) is 33.5. The molecule has 18 aromatic carbocycles. The summed E-state index contributed by atoms with van der Waals surface area (Å²) in [7, 11) is 0. The Labute approximate surface area is 867 Å².